The van der Waals surface area contributed by atoms with Gasteiger partial charge in [0.05, 0.1) is 4.92 Å². The second-order valence-corrected chi connectivity index (χ2v) is 4.20. The van der Waals surface area contributed by atoms with Gasteiger partial charge in [-0.15, -0.1) is 0 Å². The van der Waals surface area contributed by atoms with Crippen LogP contribution < -0.4 is 10.6 Å². The van der Waals surface area contributed by atoms with Crippen molar-refractivity contribution in [3.05, 3.63) is 34.1 Å². The van der Waals surface area contributed by atoms with Crippen molar-refractivity contribution >= 4 is 23.4 Å². The summed E-state index contributed by atoms with van der Waals surface area (Å²) in [6.07, 6.45) is 0.806. The van der Waals surface area contributed by atoms with Crippen LogP contribution in [0.25, 0.3) is 0 Å². The molecule has 0 saturated carbocycles. The van der Waals surface area contributed by atoms with E-state index < -0.39 is 34.5 Å². The van der Waals surface area contributed by atoms with Gasteiger partial charge in [-0.3, -0.25) is 10.1 Å². The molecule has 0 aliphatic carbocycles. The van der Waals surface area contributed by atoms with Crippen LogP contribution in [0.5, 0.6) is 0 Å². The number of carbonyl (C=O) groups excluding carboxylic acids is 1. The molecule has 0 radical (unpaired) electrons. The second kappa shape index (κ2) is 7.17. The first-order chi connectivity index (χ1) is 9.85. The van der Waals surface area contributed by atoms with Crippen molar-refractivity contribution in [2.75, 3.05) is 5.32 Å². The molecule has 1 aromatic rings. The first-order valence-corrected chi connectivity index (χ1v) is 6.09. The van der Waals surface area contributed by atoms with E-state index >= 15 is 0 Å². The molecular weight excluding hydrogens is 285 g/mol. The zero-order valence-electron chi connectivity index (χ0n) is 11.1. The van der Waals surface area contributed by atoms with Gasteiger partial charge in [-0.25, -0.2) is 9.59 Å². The lowest BCUT2D eigenvalue weighted by molar-refractivity contribution is -0.387. The van der Waals surface area contributed by atoms with Crippen LogP contribution >= 0.6 is 0 Å². The largest absolute Gasteiger partial charge is 0.480 e. The number of carboxylic acids is 1. The molecule has 8 nitrogen and oxygen atoms in total. The molecule has 3 N–H and O–H groups in total. The van der Waals surface area contributed by atoms with Crippen LogP contribution in [0.3, 0.4) is 0 Å². The van der Waals surface area contributed by atoms with E-state index in [1.807, 2.05) is 0 Å². The zero-order valence-corrected chi connectivity index (χ0v) is 11.1. The van der Waals surface area contributed by atoms with Gasteiger partial charge in [0.1, 0.15) is 6.04 Å². The van der Waals surface area contributed by atoms with Gasteiger partial charge in [0.25, 0.3) is 0 Å². The molecule has 9 heteroatoms. The molecule has 0 saturated heterocycles. The van der Waals surface area contributed by atoms with Gasteiger partial charge in [0.2, 0.25) is 5.82 Å². The van der Waals surface area contributed by atoms with Crippen molar-refractivity contribution in [3.8, 4) is 0 Å². The molecule has 0 heterocycles. The van der Waals surface area contributed by atoms with Gasteiger partial charge < -0.3 is 15.7 Å². The fraction of sp³-hybridized carbons (Fsp3) is 0.333. The summed E-state index contributed by atoms with van der Waals surface area (Å²) >= 11 is 0. The molecule has 1 atom stereocenters. The van der Waals surface area contributed by atoms with E-state index in [1.165, 1.54) is 0 Å². The van der Waals surface area contributed by atoms with Crippen LogP contribution in [0.2, 0.25) is 0 Å². The number of nitrogens with one attached hydrogen (secondary N) is 2. The quantitative estimate of drug-likeness (QED) is 0.548. The number of nitro groups is 1. The summed E-state index contributed by atoms with van der Waals surface area (Å²) in [6, 6.07) is 0.956. The third-order valence-corrected chi connectivity index (χ3v) is 2.58. The minimum Gasteiger partial charge on any atom is -0.480 e. The SMILES string of the molecule is CCC[C@H](NC(=O)Nc1ccc([N+](=O)[O-])c(F)c1)C(=O)O. The number of nitrogens with zero attached hydrogens (tertiary/aromatic N) is 1. The molecule has 2 amide bonds. The van der Waals surface area contributed by atoms with E-state index in [-0.39, 0.29) is 12.1 Å². The lowest BCUT2D eigenvalue weighted by atomic mass is 10.2. The predicted octanol–water partition coefficient (Wildman–Crippen LogP) is 2.11. The maximum Gasteiger partial charge on any atom is 0.326 e. The fourth-order valence-corrected chi connectivity index (χ4v) is 1.60. The van der Waals surface area contributed by atoms with Gasteiger partial charge in [-0.2, -0.15) is 4.39 Å². The number of nitro benzene ring substituents is 1. The van der Waals surface area contributed by atoms with Crippen LogP contribution in [0.4, 0.5) is 20.6 Å². The van der Waals surface area contributed by atoms with Crippen molar-refractivity contribution in [1.82, 2.24) is 5.32 Å². The molecule has 0 bridgehead atoms. The van der Waals surface area contributed by atoms with Crippen molar-refractivity contribution in [3.63, 3.8) is 0 Å². The number of urea groups is 1. The summed E-state index contributed by atoms with van der Waals surface area (Å²) in [7, 11) is 0. The number of hydrogen-bond acceptors (Lipinski definition) is 4. The summed E-state index contributed by atoms with van der Waals surface area (Å²) < 4.78 is 13.4. The monoisotopic (exact) mass is 299 g/mol. The second-order valence-electron chi connectivity index (χ2n) is 4.20. The molecule has 114 valence electrons. The number of anilines is 1. The van der Waals surface area contributed by atoms with Gasteiger partial charge in [-0.1, -0.05) is 13.3 Å². The summed E-state index contributed by atoms with van der Waals surface area (Å²) in [6.45, 7) is 1.77. The molecule has 21 heavy (non-hydrogen) atoms. The molecule has 0 aliphatic rings. The van der Waals surface area contributed by atoms with E-state index in [0.717, 1.165) is 18.2 Å². The summed E-state index contributed by atoms with van der Waals surface area (Å²) in [5.74, 6) is -2.27. The Labute approximate surface area is 119 Å². The highest BCUT2D eigenvalue weighted by molar-refractivity contribution is 5.92. The van der Waals surface area contributed by atoms with Gasteiger partial charge in [-0.05, 0) is 12.5 Å². The Morgan fingerprint density at radius 2 is 2.14 bits per heavy atom. The van der Waals surface area contributed by atoms with Crippen LogP contribution in [0.1, 0.15) is 19.8 Å². The molecule has 0 aliphatic heterocycles. The van der Waals surface area contributed by atoms with Crippen molar-refractivity contribution in [2.45, 2.75) is 25.8 Å². The normalized spacial score (nSPS) is 11.5. The fourth-order valence-electron chi connectivity index (χ4n) is 1.60. The molecule has 0 spiro atoms. The Bertz CT molecular complexity index is 564. The first kappa shape index (κ1) is 16.3. The minimum atomic E-state index is -1.18. The predicted molar refractivity (Wildman–Crippen MR) is 71.5 cm³/mol. The molecular formula is C12H14FN3O5. The molecule has 0 fully saturated rings. The van der Waals surface area contributed by atoms with E-state index in [9.17, 15) is 24.1 Å². The zero-order chi connectivity index (χ0) is 16.0. The summed E-state index contributed by atoms with van der Waals surface area (Å²) in [4.78, 5) is 32.0. The highest BCUT2D eigenvalue weighted by Gasteiger charge is 2.19. The lowest BCUT2D eigenvalue weighted by Gasteiger charge is -2.14. The van der Waals surface area contributed by atoms with Crippen LogP contribution in [0, 0.1) is 15.9 Å². The Morgan fingerprint density at radius 3 is 2.62 bits per heavy atom. The molecule has 1 aromatic carbocycles. The molecule has 1 rings (SSSR count). The lowest BCUT2D eigenvalue weighted by Crippen LogP contribution is -2.42. The van der Waals surface area contributed by atoms with Gasteiger partial charge in [0.15, 0.2) is 0 Å². The van der Waals surface area contributed by atoms with Crippen LogP contribution in [-0.2, 0) is 4.79 Å². The minimum absolute atomic E-state index is 0.0174. The third kappa shape index (κ3) is 4.71. The number of halogens is 1. The number of carbonyl (C=O) groups is 2. The van der Waals surface area contributed by atoms with E-state index in [0.29, 0.717) is 6.42 Å². The summed E-state index contributed by atoms with van der Waals surface area (Å²) in [5.41, 5.74) is -0.730. The number of rotatable bonds is 6. The number of benzene rings is 1. The Hall–Kier alpha value is -2.71. The van der Waals surface area contributed by atoms with E-state index in [1.54, 1.807) is 6.92 Å². The highest BCUT2D eigenvalue weighted by Crippen LogP contribution is 2.20. The van der Waals surface area contributed by atoms with Crippen LogP contribution in [0.15, 0.2) is 18.2 Å². The highest BCUT2D eigenvalue weighted by atomic mass is 19.1. The van der Waals surface area contributed by atoms with E-state index in [4.69, 9.17) is 5.11 Å². The molecule has 0 unspecified atom stereocenters. The number of carboxylic acid groups (broad SMARTS) is 1. The Kier molecular flexibility index (Phi) is 5.58. The first-order valence-electron chi connectivity index (χ1n) is 6.09. The number of hydrogen-bond donors (Lipinski definition) is 3. The topological polar surface area (TPSA) is 122 Å². The Balaban J connectivity index is 2.72. The smallest absolute Gasteiger partial charge is 0.326 e. The van der Waals surface area contributed by atoms with Crippen molar-refractivity contribution < 1.29 is 24.0 Å². The number of amides is 2. The van der Waals surface area contributed by atoms with Crippen LogP contribution in [-0.4, -0.2) is 28.1 Å². The van der Waals surface area contributed by atoms with Gasteiger partial charge in [0, 0.05) is 17.8 Å². The number of aliphatic carboxylic acids is 1. The Morgan fingerprint density at radius 1 is 1.48 bits per heavy atom. The average molecular weight is 299 g/mol. The van der Waals surface area contributed by atoms with Crippen molar-refractivity contribution in [1.29, 1.82) is 0 Å². The van der Waals surface area contributed by atoms with E-state index in [2.05, 4.69) is 10.6 Å². The maximum atomic E-state index is 13.4. The molecule has 0 aromatic heterocycles. The third-order valence-electron chi connectivity index (χ3n) is 2.58. The van der Waals surface area contributed by atoms with Gasteiger partial charge >= 0.3 is 17.7 Å². The maximum absolute atomic E-state index is 13.4. The standard InChI is InChI=1S/C12H14FN3O5/c1-2-3-9(11(17)18)15-12(19)14-7-4-5-10(16(20)21)8(13)6-7/h4-6,9H,2-3H2,1H3,(H,17,18)(H2,14,15,19)/t9-/m0/s1. The average Bonchev–Trinajstić information content (AvgIpc) is 2.37. The summed E-state index contributed by atoms with van der Waals surface area (Å²) in [5, 5.41) is 23.8. The van der Waals surface area contributed by atoms with Crippen molar-refractivity contribution in [2.24, 2.45) is 0 Å².